The minimum Gasteiger partial charge on any atom is -0.492 e. The van der Waals surface area contributed by atoms with Crippen LogP contribution in [0.25, 0.3) is 16.6 Å². The van der Waals surface area contributed by atoms with Gasteiger partial charge in [0, 0.05) is 56.1 Å². The number of aromatic nitrogens is 5. The molecule has 5 heterocycles. The maximum absolute atomic E-state index is 13.5. The largest absolute Gasteiger partial charge is 0.492 e. The molecule has 10 nitrogen and oxygen atoms in total. The minimum absolute atomic E-state index is 0.238. The Morgan fingerprint density at radius 3 is 2.79 bits per heavy atom. The van der Waals surface area contributed by atoms with Crippen molar-refractivity contribution in [1.82, 2.24) is 33.9 Å². The molecule has 1 atom stereocenters. The lowest BCUT2D eigenvalue weighted by Crippen LogP contribution is -2.50. The molecule has 0 radical (unpaired) electrons. The van der Waals surface area contributed by atoms with Gasteiger partial charge < -0.3 is 15.0 Å². The number of fused-ring (bicyclic) bond motifs is 2. The van der Waals surface area contributed by atoms with E-state index in [-0.39, 0.29) is 5.91 Å². The number of piperazine rings is 1. The number of anilines is 1. The third-order valence-corrected chi connectivity index (χ3v) is 8.38. The fourth-order valence-electron chi connectivity index (χ4n) is 5.81. The van der Waals surface area contributed by atoms with Gasteiger partial charge in [0.2, 0.25) is 0 Å². The molecular weight excluding hydrogens is 540 g/mol. The van der Waals surface area contributed by atoms with Crippen molar-refractivity contribution in [2.75, 3.05) is 45.2 Å². The summed E-state index contributed by atoms with van der Waals surface area (Å²) < 4.78 is 9.78. The lowest BCUT2D eigenvalue weighted by Gasteiger charge is -2.37. The summed E-state index contributed by atoms with van der Waals surface area (Å²) >= 11 is 0. The molecule has 0 bridgehead atoms. The van der Waals surface area contributed by atoms with E-state index >= 15 is 0 Å². The molecule has 224 valence electrons. The van der Waals surface area contributed by atoms with Crippen molar-refractivity contribution >= 4 is 28.1 Å². The van der Waals surface area contributed by atoms with Gasteiger partial charge in [-0.2, -0.15) is 5.10 Å². The molecule has 0 aliphatic carbocycles. The average Bonchev–Trinajstić information content (AvgIpc) is 3.57. The molecule has 0 saturated carbocycles. The van der Waals surface area contributed by atoms with Crippen LogP contribution in [0, 0.1) is 6.92 Å². The topological polar surface area (TPSA) is 92.8 Å². The van der Waals surface area contributed by atoms with Crippen LogP contribution in [0.4, 0.5) is 5.69 Å². The molecule has 0 spiro atoms. The van der Waals surface area contributed by atoms with Gasteiger partial charge in [0.15, 0.2) is 0 Å². The molecule has 1 unspecified atom stereocenters. The summed E-state index contributed by atoms with van der Waals surface area (Å²) in [6.07, 6.45) is 7.51. The molecule has 1 aromatic carbocycles. The van der Waals surface area contributed by atoms with Crippen molar-refractivity contribution in [1.29, 1.82) is 0 Å². The first kappa shape index (κ1) is 28.8. The Bertz CT molecular complexity index is 1720. The first-order valence-electron chi connectivity index (χ1n) is 15.1. The van der Waals surface area contributed by atoms with E-state index in [1.807, 2.05) is 54.3 Å². The number of likely N-dealkylation sites (N-methyl/N-ethyl adjacent to an activating group) is 1. The van der Waals surface area contributed by atoms with Gasteiger partial charge >= 0.3 is 0 Å². The van der Waals surface area contributed by atoms with Gasteiger partial charge in [-0.15, -0.1) is 0 Å². The van der Waals surface area contributed by atoms with E-state index in [9.17, 15) is 4.79 Å². The molecule has 1 amide bonds. The van der Waals surface area contributed by atoms with E-state index in [1.54, 1.807) is 10.6 Å². The number of ether oxygens (including phenoxy) is 1. The lowest BCUT2D eigenvalue weighted by molar-refractivity contribution is 0.0928. The third-order valence-electron chi connectivity index (χ3n) is 8.38. The first-order chi connectivity index (χ1) is 20.9. The maximum atomic E-state index is 13.5. The van der Waals surface area contributed by atoms with E-state index in [0.717, 1.165) is 67.1 Å². The number of amides is 1. The number of pyridine rings is 2. The summed E-state index contributed by atoms with van der Waals surface area (Å²) in [5.41, 5.74) is 5.80. The van der Waals surface area contributed by atoms with Crippen molar-refractivity contribution in [3.05, 3.63) is 83.7 Å². The summed E-state index contributed by atoms with van der Waals surface area (Å²) in [5.74, 6) is 0.507. The van der Waals surface area contributed by atoms with Crippen LogP contribution < -0.4 is 10.1 Å². The number of hydrogen-bond acceptors (Lipinski definition) is 7. The Morgan fingerprint density at radius 1 is 1.12 bits per heavy atom. The number of imidazole rings is 1. The minimum atomic E-state index is -0.238. The number of benzene rings is 1. The van der Waals surface area contributed by atoms with E-state index < -0.39 is 0 Å². The van der Waals surface area contributed by atoms with Crippen LogP contribution in [-0.4, -0.2) is 85.7 Å². The summed E-state index contributed by atoms with van der Waals surface area (Å²) in [4.78, 5) is 27.4. The predicted molar refractivity (Wildman–Crippen MR) is 169 cm³/mol. The fourth-order valence-corrected chi connectivity index (χ4v) is 5.81. The van der Waals surface area contributed by atoms with Crippen LogP contribution in [-0.2, 0) is 13.0 Å². The van der Waals surface area contributed by atoms with Gasteiger partial charge in [0.1, 0.15) is 23.7 Å². The number of carbonyl (C=O) groups excluding carboxylic acids is 1. The van der Waals surface area contributed by atoms with E-state index in [0.29, 0.717) is 36.2 Å². The number of hydrogen-bond donors (Lipinski definition) is 1. The zero-order valence-corrected chi connectivity index (χ0v) is 25.5. The highest BCUT2D eigenvalue weighted by Gasteiger charge is 2.21. The predicted octanol–water partition coefficient (Wildman–Crippen LogP) is 4.66. The molecule has 1 aliphatic rings. The van der Waals surface area contributed by atoms with Gasteiger partial charge in [-0.3, -0.25) is 23.8 Å². The number of carbonyl (C=O) groups is 1. The summed E-state index contributed by atoms with van der Waals surface area (Å²) in [5, 5.41) is 8.80. The Labute approximate surface area is 252 Å². The second-order valence-electron chi connectivity index (χ2n) is 11.5. The smallest absolute Gasteiger partial charge is 0.274 e. The highest BCUT2D eigenvalue weighted by atomic mass is 16.5. The number of aryl methyl sites for hydroxylation is 2. The Kier molecular flexibility index (Phi) is 8.40. The molecule has 1 N–H and O–H groups in total. The second kappa shape index (κ2) is 12.5. The standard InChI is InChI=1S/C33H40N8O2/c1-5-7-25-10-11-26(34-19-25)22-41-29-9-6-8-28(32(29)24(3)37-41)36-33(42)30-20-35-31-18-27(12-13-40(30)31)43-17-16-39-15-14-38(4)23(2)21-39/h6,8-13,18-20,23H,5,7,14-17,21-22H2,1-4H3,(H,36,42). The highest BCUT2D eigenvalue weighted by Crippen LogP contribution is 2.28. The first-order valence-corrected chi connectivity index (χ1v) is 15.1. The Morgan fingerprint density at radius 2 is 2.00 bits per heavy atom. The number of rotatable bonds is 10. The third kappa shape index (κ3) is 6.25. The van der Waals surface area contributed by atoms with Crippen LogP contribution in [0.3, 0.4) is 0 Å². The van der Waals surface area contributed by atoms with Crippen LogP contribution in [0.5, 0.6) is 5.75 Å². The fraction of sp³-hybridized carbons (Fsp3) is 0.394. The maximum Gasteiger partial charge on any atom is 0.274 e. The second-order valence-corrected chi connectivity index (χ2v) is 11.5. The van der Waals surface area contributed by atoms with Crippen LogP contribution in [0.15, 0.2) is 61.1 Å². The van der Waals surface area contributed by atoms with Crippen molar-refractivity contribution in [2.45, 2.75) is 46.2 Å². The van der Waals surface area contributed by atoms with Gasteiger partial charge in [-0.1, -0.05) is 25.5 Å². The molecular formula is C33H40N8O2. The summed E-state index contributed by atoms with van der Waals surface area (Å²) in [7, 11) is 2.18. The molecule has 5 aromatic rings. The normalized spacial score (nSPS) is 16.2. The average molecular weight is 581 g/mol. The monoisotopic (exact) mass is 580 g/mol. The summed E-state index contributed by atoms with van der Waals surface area (Å²) in [6.45, 7) is 11.6. The molecule has 1 saturated heterocycles. The van der Waals surface area contributed by atoms with Crippen molar-refractivity contribution < 1.29 is 9.53 Å². The molecule has 1 aliphatic heterocycles. The molecule has 4 aromatic heterocycles. The Hall–Kier alpha value is -4.28. The quantitative estimate of drug-likeness (QED) is 0.257. The van der Waals surface area contributed by atoms with Gasteiger partial charge in [0.25, 0.3) is 5.91 Å². The van der Waals surface area contributed by atoms with E-state index in [4.69, 9.17) is 9.84 Å². The molecule has 1 fully saturated rings. The molecule has 10 heteroatoms. The SMILES string of the molecule is CCCc1ccc(Cn2nc(C)c3c(NC(=O)c4cnc5cc(OCCN6CCN(C)C(C)C6)ccn45)cccc32)nc1. The van der Waals surface area contributed by atoms with Crippen molar-refractivity contribution in [3.8, 4) is 5.75 Å². The number of nitrogens with zero attached hydrogens (tertiary/aromatic N) is 7. The zero-order chi connectivity index (χ0) is 29.9. The van der Waals surface area contributed by atoms with E-state index in [2.05, 4.69) is 58.1 Å². The van der Waals surface area contributed by atoms with Gasteiger partial charge in [-0.25, -0.2) is 4.98 Å². The van der Waals surface area contributed by atoms with Gasteiger partial charge in [0.05, 0.1) is 35.3 Å². The molecule has 6 rings (SSSR count). The molecule has 43 heavy (non-hydrogen) atoms. The number of nitrogens with one attached hydrogen (secondary N) is 1. The van der Waals surface area contributed by atoms with Crippen molar-refractivity contribution in [2.24, 2.45) is 0 Å². The zero-order valence-electron chi connectivity index (χ0n) is 25.5. The lowest BCUT2D eigenvalue weighted by atomic mass is 10.1. The van der Waals surface area contributed by atoms with Crippen LogP contribution in [0.1, 0.15) is 47.7 Å². The van der Waals surface area contributed by atoms with Crippen LogP contribution in [0.2, 0.25) is 0 Å². The van der Waals surface area contributed by atoms with Crippen LogP contribution >= 0.6 is 0 Å². The van der Waals surface area contributed by atoms with Gasteiger partial charge in [-0.05, 0) is 57.1 Å². The van der Waals surface area contributed by atoms with Crippen molar-refractivity contribution in [3.63, 3.8) is 0 Å². The summed E-state index contributed by atoms with van der Waals surface area (Å²) in [6, 6.07) is 14.4. The van der Waals surface area contributed by atoms with E-state index in [1.165, 1.54) is 5.56 Å². The Balaban J connectivity index is 1.13. The highest BCUT2D eigenvalue weighted by molar-refractivity contribution is 6.08.